The van der Waals surface area contributed by atoms with Crippen molar-refractivity contribution in [3.63, 3.8) is 0 Å². The first kappa shape index (κ1) is 28.1. The van der Waals surface area contributed by atoms with Crippen molar-refractivity contribution >= 4 is 45.3 Å². The van der Waals surface area contributed by atoms with Crippen molar-refractivity contribution in [1.82, 2.24) is 10.3 Å². The number of ether oxygens (including phenoxy) is 2. The molecule has 1 N–H and O–H groups in total. The molecule has 1 fully saturated rings. The second-order valence-corrected chi connectivity index (χ2v) is 10.7. The van der Waals surface area contributed by atoms with Crippen molar-refractivity contribution < 1.29 is 27.5 Å². The van der Waals surface area contributed by atoms with Gasteiger partial charge in [-0.15, -0.1) is 0 Å². The highest BCUT2D eigenvalue weighted by molar-refractivity contribution is 7.92. The molecule has 0 spiro atoms. The molecule has 12 heteroatoms. The number of hydrogen-bond donors (Lipinski definition) is 1. The Morgan fingerprint density at radius 1 is 1.00 bits per heavy atom. The summed E-state index contributed by atoms with van der Waals surface area (Å²) >= 11 is 5.90. The lowest BCUT2D eigenvalue weighted by atomic mass is 10.2. The first-order valence-corrected chi connectivity index (χ1v) is 13.9. The number of rotatable bonds is 10. The second-order valence-electron chi connectivity index (χ2n) is 8.45. The standard InChI is InChI=1S/C27H27ClN4O6S/c28-22-8-12-25(13-9-22)39(35,36)32(23-4-2-1-3-5-23)19-26(33)30-29-18-21-6-10-24(11-7-21)38-20-27(34)31-14-16-37-17-15-31/h1-13,18H,14-17,19-20H2,(H,30,33)/b29-18-. The SMILES string of the molecule is O=C(CN(c1ccccc1)S(=O)(=O)c1ccc(Cl)cc1)N/N=C\c1ccc(OCC(=O)N2CCOCC2)cc1. The zero-order chi connectivity index (χ0) is 27.7. The van der Waals surface area contributed by atoms with Crippen molar-refractivity contribution in [3.05, 3.63) is 89.4 Å². The summed E-state index contributed by atoms with van der Waals surface area (Å²) in [6.45, 7) is 1.60. The number of sulfonamides is 1. The van der Waals surface area contributed by atoms with E-state index in [4.69, 9.17) is 21.1 Å². The molecule has 0 saturated carbocycles. The number of hydrogen-bond acceptors (Lipinski definition) is 7. The van der Waals surface area contributed by atoms with Crippen LogP contribution in [0, 0.1) is 0 Å². The third kappa shape index (κ3) is 7.79. The number of benzene rings is 3. The summed E-state index contributed by atoms with van der Waals surface area (Å²) in [6.07, 6.45) is 1.42. The third-order valence-corrected chi connectivity index (χ3v) is 7.78. The summed E-state index contributed by atoms with van der Waals surface area (Å²) in [5, 5.41) is 4.34. The van der Waals surface area contributed by atoms with E-state index < -0.39 is 22.5 Å². The van der Waals surface area contributed by atoms with Gasteiger partial charge in [0.1, 0.15) is 12.3 Å². The Labute approximate surface area is 231 Å². The van der Waals surface area contributed by atoms with Crippen molar-refractivity contribution in [3.8, 4) is 5.75 Å². The molecule has 0 aromatic heterocycles. The molecule has 0 unspecified atom stereocenters. The van der Waals surface area contributed by atoms with Gasteiger partial charge in [-0.05, 0) is 66.2 Å². The van der Waals surface area contributed by atoms with Gasteiger partial charge in [0.05, 0.1) is 30.0 Å². The van der Waals surface area contributed by atoms with Gasteiger partial charge in [0.2, 0.25) is 0 Å². The molecule has 0 bridgehead atoms. The number of hydrazone groups is 1. The number of amides is 2. The number of nitrogens with zero attached hydrogens (tertiary/aromatic N) is 3. The van der Waals surface area contributed by atoms with Gasteiger partial charge >= 0.3 is 0 Å². The van der Waals surface area contributed by atoms with Gasteiger partial charge in [-0.1, -0.05) is 29.8 Å². The Morgan fingerprint density at radius 3 is 2.33 bits per heavy atom. The molecule has 39 heavy (non-hydrogen) atoms. The fraction of sp³-hybridized carbons (Fsp3) is 0.222. The molecule has 3 aromatic rings. The highest BCUT2D eigenvalue weighted by atomic mass is 35.5. The summed E-state index contributed by atoms with van der Waals surface area (Å²) in [7, 11) is -4.05. The molecule has 1 aliphatic heterocycles. The maximum absolute atomic E-state index is 13.3. The molecule has 4 rings (SSSR count). The zero-order valence-corrected chi connectivity index (χ0v) is 22.5. The lowest BCUT2D eigenvalue weighted by molar-refractivity contribution is -0.137. The average Bonchev–Trinajstić information content (AvgIpc) is 2.96. The lowest BCUT2D eigenvalue weighted by Gasteiger charge is -2.26. The minimum absolute atomic E-state index is 0.000933. The summed E-state index contributed by atoms with van der Waals surface area (Å²) < 4.78 is 38.4. The minimum Gasteiger partial charge on any atom is -0.484 e. The van der Waals surface area contributed by atoms with Crippen LogP contribution in [0.4, 0.5) is 5.69 Å². The highest BCUT2D eigenvalue weighted by Gasteiger charge is 2.27. The normalized spacial score (nSPS) is 13.7. The van der Waals surface area contributed by atoms with Gasteiger partial charge in [-0.25, -0.2) is 13.8 Å². The predicted octanol–water partition coefficient (Wildman–Crippen LogP) is 2.92. The number of morpholine rings is 1. The van der Waals surface area contributed by atoms with Crippen molar-refractivity contribution in [2.24, 2.45) is 5.10 Å². The van der Waals surface area contributed by atoms with Crippen LogP contribution in [0.15, 0.2) is 88.9 Å². The molecule has 1 saturated heterocycles. The molecule has 2 amide bonds. The largest absolute Gasteiger partial charge is 0.484 e. The number of halogens is 1. The van der Waals surface area contributed by atoms with E-state index in [0.717, 1.165) is 4.31 Å². The summed E-state index contributed by atoms with van der Waals surface area (Å²) in [5.41, 5.74) is 3.36. The van der Waals surface area contributed by atoms with E-state index in [1.54, 1.807) is 59.5 Å². The summed E-state index contributed by atoms with van der Waals surface area (Å²) in [4.78, 5) is 26.6. The summed E-state index contributed by atoms with van der Waals surface area (Å²) in [5.74, 6) is -0.216. The van der Waals surface area contributed by atoms with E-state index in [2.05, 4.69) is 10.5 Å². The maximum Gasteiger partial charge on any atom is 0.264 e. The van der Waals surface area contributed by atoms with E-state index in [0.29, 0.717) is 48.3 Å². The van der Waals surface area contributed by atoms with Crippen LogP contribution >= 0.6 is 11.6 Å². The number of para-hydroxylation sites is 1. The average molecular weight is 571 g/mol. The number of anilines is 1. The quantitative estimate of drug-likeness (QED) is 0.296. The highest BCUT2D eigenvalue weighted by Crippen LogP contribution is 2.24. The first-order valence-electron chi connectivity index (χ1n) is 12.1. The topological polar surface area (TPSA) is 118 Å². The number of carbonyl (C=O) groups is 2. The van der Waals surface area contributed by atoms with Gasteiger partial charge in [-0.2, -0.15) is 5.10 Å². The van der Waals surface area contributed by atoms with Crippen molar-refractivity contribution in [1.29, 1.82) is 0 Å². The molecule has 204 valence electrons. The van der Waals surface area contributed by atoms with Gasteiger partial charge in [0.15, 0.2) is 6.61 Å². The predicted molar refractivity (Wildman–Crippen MR) is 147 cm³/mol. The van der Waals surface area contributed by atoms with E-state index in [-0.39, 0.29) is 17.4 Å². The minimum atomic E-state index is -4.05. The van der Waals surface area contributed by atoms with E-state index in [1.165, 1.54) is 30.5 Å². The molecular weight excluding hydrogens is 544 g/mol. The van der Waals surface area contributed by atoms with Crippen LogP contribution in [0.3, 0.4) is 0 Å². The number of carbonyl (C=O) groups excluding carboxylic acids is 2. The Hall–Kier alpha value is -3.93. The maximum atomic E-state index is 13.3. The second kappa shape index (κ2) is 13.2. The van der Waals surface area contributed by atoms with Crippen LogP contribution in [-0.2, 0) is 24.3 Å². The fourth-order valence-electron chi connectivity index (χ4n) is 3.69. The number of nitrogens with one attached hydrogen (secondary N) is 1. The monoisotopic (exact) mass is 570 g/mol. The van der Waals surface area contributed by atoms with Gasteiger partial charge in [-0.3, -0.25) is 13.9 Å². The Kier molecular flexibility index (Phi) is 9.53. The Balaban J connectivity index is 1.34. The molecule has 0 atom stereocenters. The van der Waals surface area contributed by atoms with Crippen LogP contribution in [-0.4, -0.2) is 70.8 Å². The lowest BCUT2D eigenvalue weighted by Crippen LogP contribution is -2.42. The van der Waals surface area contributed by atoms with E-state index in [1.807, 2.05) is 0 Å². The van der Waals surface area contributed by atoms with E-state index in [9.17, 15) is 18.0 Å². The van der Waals surface area contributed by atoms with Crippen molar-refractivity contribution in [2.45, 2.75) is 4.90 Å². The van der Waals surface area contributed by atoms with Crippen molar-refractivity contribution in [2.75, 3.05) is 43.8 Å². The first-order chi connectivity index (χ1) is 18.8. The molecule has 1 heterocycles. The molecule has 0 aliphatic carbocycles. The van der Waals surface area contributed by atoms with E-state index >= 15 is 0 Å². The molecule has 10 nitrogen and oxygen atoms in total. The molecule has 0 radical (unpaired) electrons. The molecular formula is C27H27ClN4O6S. The van der Waals surface area contributed by atoms with Crippen LogP contribution in [0.2, 0.25) is 5.02 Å². The Bertz CT molecular complexity index is 1390. The zero-order valence-electron chi connectivity index (χ0n) is 20.9. The van der Waals surface area contributed by atoms with Crippen LogP contribution in [0.1, 0.15) is 5.56 Å². The third-order valence-electron chi connectivity index (χ3n) is 5.74. The smallest absolute Gasteiger partial charge is 0.264 e. The van der Waals surface area contributed by atoms with Gasteiger partial charge < -0.3 is 14.4 Å². The molecule has 3 aromatic carbocycles. The molecule has 1 aliphatic rings. The van der Waals surface area contributed by atoms with Crippen LogP contribution in [0.5, 0.6) is 5.75 Å². The van der Waals surface area contributed by atoms with Crippen LogP contribution in [0.25, 0.3) is 0 Å². The van der Waals surface area contributed by atoms with Gasteiger partial charge in [0, 0.05) is 18.1 Å². The van der Waals surface area contributed by atoms with Gasteiger partial charge in [0.25, 0.3) is 21.8 Å². The Morgan fingerprint density at radius 2 is 1.67 bits per heavy atom. The summed E-state index contributed by atoms with van der Waals surface area (Å²) in [6, 6.07) is 20.8. The van der Waals surface area contributed by atoms with Crippen LogP contribution < -0.4 is 14.5 Å². The fourth-order valence-corrected chi connectivity index (χ4v) is 5.23.